The first kappa shape index (κ1) is 17.6. The number of benzene rings is 1. The van der Waals surface area contributed by atoms with Crippen molar-refractivity contribution in [1.82, 2.24) is 5.32 Å². The summed E-state index contributed by atoms with van der Waals surface area (Å²) in [6.45, 7) is 3.47. The lowest BCUT2D eigenvalue weighted by molar-refractivity contribution is 0.567. The van der Waals surface area contributed by atoms with Crippen LogP contribution in [0.2, 0.25) is 0 Å². The predicted molar refractivity (Wildman–Crippen MR) is 91.6 cm³/mol. The smallest absolute Gasteiger partial charge is 0.211 e. The van der Waals surface area contributed by atoms with Gasteiger partial charge >= 0.3 is 0 Å². The van der Waals surface area contributed by atoms with Crippen LogP contribution in [-0.4, -0.2) is 33.1 Å². The van der Waals surface area contributed by atoms with Crippen LogP contribution < -0.4 is 11.1 Å². The molecule has 124 valence electrons. The largest absolute Gasteiger partial charge is 0.385 e. The molecule has 2 rings (SSSR count). The van der Waals surface area contributed by atoms with Crippen molar-refractivity contribution >= 4 is 37.8 Å². The van der Waals surface area contributed by atoms with Crippen LogP contribution in [0, 0.1) is 5.82 Å². The molecule has 1 aromatic carbocycles. The maximum Gasteiger partial charge on any atom is 0.211 e. The molecule has 1 aliphatic rings. The van der Waals surface area contributed by atoms with Crippen LogP contribution in [0.3, 0.4) is 0 Å². The lowest BCUT2D eigenvalue weighted by Gasteiger charge is -2.17. The monoisotopic (exact) mass is 402 g/mol. The van der Waals surface area contributed by atoms with Gasteiger partial charge in [0, 0.05) is 10.7 Å². The molecule has 6 nitrogen and oxygen atoms in total. The second-order valence-electron chi connectivity index (χ2n) is 4.90. The number of sulfone groups is 1. The number of nitrogens with zero attached hydrogens (tertiary/aromatic N) is 2. The van der Waals surface area contributed by atoms with Crippen LogP contribution in [-0.2, 0) is 9.84 Å². The summed E-state index contributed by atoms with van der Waals surface area (Å²) in [4.78, 5) is 7.63. The molecular weight excluding hydrogens is 387 g/mol. The van der Waals surface area contributed by atoms with E-state index in [1.165, 1.54) is 18.3 Å². The van der Waals surface area contributed by atoms with E-state index >= 15 is 0 Å². The molecule has 3 N–H and O–H groups in total. The van der Waals surface area contributed by atoms with E-state index in [1.807, 2.05) is 0 Å². The fraction of sp³-hybridized carbons (Fsp3) is 0.286. The molecule has 0 radical (unpaired) electrons. The van der Waals surface area contributed by atoms with Crippen LogP contribution in [0.5, 0.6) is 0 Å². The maximum absolute atomic E-state index is 14.1. The molecule has 9 heteroatoms. The first-order valence-corrected chi connectivity index (χ1v) is 9.01. The molecule has 1 unspecified atom stereocenters. The van der Waals surface area contributed by atoms with Gasteiger partial charge in [-0.05, 0) is 32.0 Å². The molecular formula is C14H16BrFN4O2S. The summed E-state index contributed by atoms with van der Waals surface area (Å²) in [5, 5.41) is 2.76. The summed E-state index contributed by atoms with van der Waals surface area (Å²) >= 11 is 3.10. The third-order valence-corrected chi connectivity index (χ3v) is 5.70. The van der Waals surface area contributed by atoms with Gasteiger partial charge in [0.25, 0.3) is 0 Å². The predicted octanol–water partition coefficient (Wildman–Crippen LogP) is 1.97. The molecule has 1 aliphatic heterocycles. The number of amidine groups is 1. The fourth-order valence-corrected chi connectivity index (χ4v) is 4.20. The minimum absolute atomic E-state index is 0.0651. The molecule has 0 amide bonds. The second kappa shape index (κ2) is 6.79. The zero-order chi connectivity index (χ0) is 17.2. The van der Waals surface area contributed by atoms with Crippen molar-refractivity contribution in [2.45, 2.75) is 24.8 Å². The lowest BCUT2D eigenvalue weighted by atomic mass is 10.3. The summed E-state index contributed by atoms with van der Waals surface area (Å²) in [5.74, 6) is -0.508. The molecule has 0 fully saturated rings. The van der Waals surface area contributed by atoms with Gasteiger partial charge in [-0.15, -0.1) is 0 Å². The van der Waals surface area contributed by atoms with Gasteiger partial charge in [-0.25, -0.2) is 17.8 Å². The lowest BCUT2D eigenvalue weighted by Crippen LogP contribution is -2.29. The zero-order valence-corrected chi connectivity index (χ0v) is 14.9. The Balaban J connectivity index is 2.63. The Labute approximate surface area is 142 Å². The van der Waals surface area contributed by atoms with Gasteiger partial charge in [0.1, 0.15) is 27.3 Å². The van der Waals surface area contributed by atoms with Crippen LogP contribution in [0.15, 0.2) is 48.3 Å². The number of nitrogens with two attached hydrogens (primary N) is 1. The van der Waals surface area contributed by atoms with Gasteiger partial charge in [-0.2, -0.15) is 0 Å². The number of hydrogen-bond acceptors (Lipinski definition) is 6. The van der Waals surface area contributed by atoms with E-state index in [4.69, 9.17) is 5.73 Å². The summed E-state index contributed by atoms with van der Waals surface area (Å²) in [7, 11) is -4.15. The Kier molecular flexibility index (Phi) is 5.20. The van der Waals surface area contributed by atoms with Crippen molar-refractivity contribution < 1.29 is 12.8 Å². The average molecular weight is 403 g/mol. The normalized spacial score (nSPS) is 22.6. The first-order chi connectivity index (χ1) is 10.7. The van der Waals surface area contributed by atoms with Crippen molar-refractivity contribution in [3.63, 3.8) is 0 Å². The van der Waals surface area contributed by atoms with Crippen LogP contribution in [0.4, 0.5) is 4.39 Å². The van der Waals surface area contributed by atoms with Crippen LogP contribution in [0.1, 0.15) is 13.8 Å². The highest BCUT2D eigenvalue weighted by Gasteiger charge is 2.31. The first-order valence-electron chi connectivity index (χ1n) is 6.74. The minimum Gasteiger partial charge on any atom is -0.385 e. The number of nitrogens with one attached hydrogen (secondary N) is 1. The maximum atomic E-state index is 14.1. The molecule has 0 spiro atoms. The summed E-state index contributed by atoms with van der Waals surface area (Å²) in [6.07, 6.45) is 1.54. The minimum atomic E-state index is -4.15. The van der Waals surface area contributed by atoms with E-state index in [9.17, 15) is 12.8 Å². The Morgan fingerprint density at radius 1 is 1.43 bits per heavy atom. The summed E-state index contributed by atoms with van der Waals surface area (Å²) < 4.78 is 40.3. The molecule has 0 aromatic heterocycles. The van der Waals surface area contributed by atoms with Gasteiger partial charge in [0.05, 0.1) is 12.6 Å². The molecule has 0 bridgehead atoms. The quantitative estimate of drug-likeness (QED) is 0.789. The van der Waals surface area contributed by atoms with Crippen molar-refractivity contribution in [2.75, 3.05) is 6.54 Å². The SMILES string of the molecule is CC1=NC(C)/C(S(=O)(=O)c2ccc(Br)cc2F)=C(/N)NCC=N1. The van der Waals surface area contributed by atoms with E-state index in [-0.39, 0.29) is 17.3 Å². The Morgan fingerprint density at radius 3 is 2.78 bits per heavy atom. The Hall–Kier alpha value is -1.74. The van der Waals surface area contributed by atoms with E-state index in [1.54, 1.807) is 13.8 Å². The van der Waals surface area contributed by atoms with Gasteiger partial charge in [-0.1, -0.05) is 15.9 Å². The van der Waals surface area contributed by atoms with Crippen LogP contribution >= 0.6 is 15.9 Å². The summed E-state index contributed by atoms with van der Waals surface area (Å²) in [5.41, 5.74) is 5.88. The number of rotatable bonds is 2. The molecule has 1 heterocycles. The third kappa shape index (κ3) is 3.78. The van der Waals surface area contributed by atoms with E-state index < -0.39 is 26.6 Å². The third-order valence-electron chi connectivity index (χ3n) is 3.16. The molecule has 0 saturated carbocycles. The van der Waals surface area contributed by atoms with E-state index in [2.05, 4.69) is 31.2 Å². The standard InChI is InChI=1S/C14H16BrFN4O2S/c1-8-13(14(17)19-6-5-18-9(2)20-8)23(21,22)12-4-3-10(15)7-11(12)16/h3-5,7-8,19H,6,17H2,1-2H3/b14-13+,18-5?,20-9?. The van der Waals surface area contributed by atoms with Gasteiger partial charge < -0.3 is 11.1 Å². The van der Waals surface area contributed by atoms with Crippen molar-refractivity contribution in [3.8, 4) is 0 Å². The molecule has 23 heavy (non-hydrogen) atoms. The highest BCUT2D eigenvalue weighted by atomic mass is 79.9. The van der Waals surface area contributed by atoms with Crippen molar-refractivity contribution in [2.24, 2.45) is 15.7 Å². The van der Waals surface area contributed by atoms with Crippen molar-refractivity contribution in [1.29, 1.82) is 0 Å². The highest BCUT2D eigenvalue weighted by Crippen LogP contribution is 2.28. The Bertz CT molecular complexity index is 818. The van der Waals surface area contributed by atoms with Crippen LogP contribution in [0.25, 0.3) is 0 Å². The topological polar surface area (TPSA) is 96.9 Å². The summed E-state index contributed by atoms with van der Waals surface area (Å²) in [6, 6.07) is 2.94. The molecule has 1 aromatic rings. The second-order valence-corrected chi connectivity index (χ2v) is 7.70. The van der Waals surface area contributed by atoms with Crippen molar-refractivity contribution in [3.05, 3.63) is 39.2 Å². The van der Waals surface area contributed by atoms with Gasteiger partial charge in [-0.3, -0.25) is 4.99 Å². The Morgan fingerprint density at radius 2 is 2.13 bits per heavy atom. The number of halogens is 2. The molecule has 0 aliphatic carbocycles. The highest BCUT2D eigenvalue weighted by molar-refractivity contribution is 9.10. The van der Waals surface area contributed by atoms with E-state index in [0.29, 0.717) is 10.3 Å². The number of hydrogen-bond donors (Lipinski definition) is 2. The van der Waals surface area contributed by atoms with Gasteiger partial charge in [0.15, 0.2) is 0 Å². The van der Waals surface area contributed by atoms with E-state index in [0.717, 1.165) is 6.07 Å². The zero-order valence-electron chi connectivity index (χ0n) is 12.5. The van der Waals surface area contributed by atoms with Gasteiger partial charge in [0.2, 0.25) is 9.84 Å². The number of aliphatic imine (C=N–C) groups is 2. The average Bonchev–Trinajstić information content (AvgIpc) is 2.48. The fourth-order valence-electron chi connectivity index (χ4n) is 2.20. The molecule has 0 saturated heterocycles. The molecule has 1 atom stereocenters.